The normalized spacial score (nSPS) is 24.8. The van der Waals surface area contributed by atoms with Gasteiger partial charge in [-0.05, 0) is 46.1 Å². The second-order valence-corrected chi connectivity index (χ2v) is 9.01. The number of benzene rings is 1. The first-order chi connectivity index (χ1) is 15.1. The number of amides is 1. The molecule has 0 unspecified atom stereocenters. The Balaban J connectivity index is 1.28. The number of hydrogen-bond donors (Lipinski definition) is 1. The summed E-state index contributed by atoms with van der Waals surface area (Å²) < 4.78 is 13.9. The highest BCUT2D eigenvalue weighted by atomic mass is 32.1. The number of carbonyl (C=O) groups is 1. The summed E-state index contributed by atoms with van der Waals surface area (Å²) >= 11 is 1.58. The number of ether oxygens (including phenoxy) is 2. The molecule has 31 heavy (non-hydrogen) atoms. The van der Waals surface area contributed by atoms with E-state index in [1.807, 2.05) is 60.8 Å². The van der Waals surface area contributed by atoms with Crippen LogP contribution < -0.4 is 10.2 Å². The fourth-order valence-electron chi connectivity index (χ4n) is 4.16. The number of thiophene rings is 1. The maximum Gasteiger partial charge on any atom is 0.225 e. The minimum absolute atomic E-state index is 0.0205. The van der Waals surface area contributed by atoms with Crippen LogP contribution in [0, 0.1) is 0 Å². The minimum atomic E-state index is -0.217. The van der Waals surface area contributed by atoms with Gasteiger partial charge >= 0.3 is 0 Å². The monoisotopic (exact) mass is 440 g/mol. The van der Waals surface area contributed by atoms with Crippen molar-refractivity contribution in [1.29, 1.82) is 0 Å². The predicted octanol–water partition coefficient (Wildman–Crippen LogP) is 1.53. The Bertz CT molecular complexity index is 1040. The number of nitrogens with zero attached hydrogens (tertiary/aromatic N) is 5. The second-order valence-electron chi connectivity index (χ2n) is 7.98. The summed E-state index contributed by atoms with van der Waals surface area (Å²) in [5.74, 6) is 0.654. The zero-order chi connectivity index (χ0) is 21.4. The summed E-state index contributed by atoms with van der Waals surface area (Å²) in [6.45, 7) is 0.845. The van der Waals surface area contributed by atoms with Gasteiger partial charge in [0.2, 0.25) is 5.91 Å². The number of nitrogens with one attached hydrogen (secondary N) is 1. The number of anilines is 1. The lowest BCUT2D eigenvalue weighted by atomic mass is 10.1. The Morgan fingerprint density at radius 2 is 2.00 bits per heavy atom. The highest BCUT2D eigenvalue weighted by Gasteiger charge is 2.50. The van der Waals surface area contributed by atoms with Crippen molar-refractivity contribution in [2.24, 2.45) is 0 Å². The fourth-order valence-corrected chi connectivity index (χ4v) is 4.86. The molecular weight excluding hydrogens is 416 g/mol. The van der Waals surface area contributed by atoms with Crippen molar-refractivity contribution < 1.29 is 14.3 Å². The van der Waals surface area contributed by atoms with Gasteiger partial charge in [0.05, 0.1) is 25.7 Å². The molecule has 5 rings (SSSR count). The smallest absolute Gasteiger partial charge is 0.225 e. The minimum Gasteiger partial charge on any atom is -0.378 e. The summed E-state index contributed by atoms with van der Waals surface area (Å²) in [5.41, 5.74) is 2.03. The lowest BCUT2D eigenvalue weighted by Crippen LogP contribution is -2.44. The summed E-state index contributed by atoms with van der Waals surface area (Å²) in [6.07, 6.45) is -0.0597. The largest absolute Gasteiger partial charge is 0.378 e. The molecule has 2 saturated heterocycles. The maximum atomic E-state index is 12.4. The Hall–Kier alpha value is -2.82. The van der Waals surface area contributed by atoms with Crippen molar-refractivity contribution in [2.45, 2.75) is 30.7 Å². The van der Waals surface area contributed by atoms with Crippen LogP contribution in [0.2, 0.25) is 0 Å². The van der Waals surface area contributed by atoms with Gasteiger partial charge in [0.1, 0.15) is 18.2 Å². The molecule has 0 spiro atoms. The lowest BCUT2D eigenvalue weighted by Gasteiger charge is -2.18. The van der Waals surface area contributed by atoms with E-state index < -0.39 is 0 Å². The van der Waals surface area contributed by atoms with E-state index in [1.54, 1.807) is 16.0 Å². The molecule has 3 aromatic rings. The van der Waals surface area contributed by atoms with Gasteiger partial charge in [-0.3, -0.25) is 4.79 Å². The van der Waals surface area contributed by atoms with E-state index in [-0.39, 0.29) is 30.2 Å². The van der Waals surface area contributed by atoms with Crippen molar-refractivity contribution in [2.75, 3.05) is 32.2 Å². The van der Waals surface area contributed by atoms with E-state index in [9.17, 15) is 4.79 Å². The van der Waals surface area contributed by atoms with Crippen LogP contribution in [0.5, 0.6) is 0 Å². The van der Waals surface area contributed by atoms with Gasteiger partial charge in [-0.2, -0.15) is 0 Å². The summed E-state index contributed by atoms with van der Waals surface area (Å²) in [4.78, 5) is 15.5. The quantitative estimate of drug-likeness (QED) is 0.621. The molecule has 9 nitrogen and oxygen atoms in total. The molecule has 0 aliphatic carbocycles. The highest BCUT2D eigenvalue weighted by Crippen LogP contribution is 2.36. The van der Waals surface area contributed by atoms with E-state index in [2.05, 4.69) is 20.8 Å². The Morgan fingerprint density at radius 1 is 1.19 bits per heavy atom. The molecule has 1 aromatic carbocycles. The van der Waals surface area contributed by atoms with E-state index in [0.717, 1.165) is 16.1 Å². The van der Waals surface area contributed by atoms with Crippen molar-refractivity contribution in [3.8, 4) is 11.4 Å². The number of hydrogen-bond acceptors (Lipinski definition) is 8. The zero-order valence-corrected chi connectivity index (χ0v) is 18.2. The van der Waals surface area contributed by atoms with Crippen molar-refractivity contribution in [3.63, 3.8) is 0 Å². The summed E-state index contributed by atoms with van der Waals surface area (Å²) in [6, 6.07) is 11.7. The van der Waals surface area contributed by atoms with E-state index >= 15 is 0 Å². The first-order valence-corrected chi connectivity index (χ1v) is 11.1. The molecule has 1 N–H and O–H groups in total. The molecule has 1 amide bonds. The van der Waals surface area contributed by atoms with Crippen LogP contribution in [-0.4, -0.2) is 71.7 Å². The first-order valence-electron chi connectivity index (χ1n) is 10.2. The van der Waals surface area contributed by atoms with Gasteiger partial charge in [0, 0.05) is 30.2 Å². The highest BCUT2D eigenvalue weighted by molar-refractivity contribution is 7.10. The number of carbonyl (C=O) groups excluding carboxylic acids is 1. The van der Waals surface area contributed by atoms with Crippen LogP contribution in [0.25, 0.3) is 11.4 Å². The molecule has 2 fully saturated rings. The average molecular weight is 441 g/mol. The molecular formula is C21H24N6O3S. The molecule has 0 radical (unpaired) electrons. The third-order valence-electron chi connectivity index (χ3n) is 5.74. The fraction of sp³-hybridized carbons (Fsp3) is 0.429. The zero-order valence-electron chi connectivity index (χ0n) is 17.3. The third-order valence-corrected chi connectivity index (χ3v) is 6.61. The van der Waals surface area contributed by atoms with E-state index in [4.69, 9.17) is 9.47 Å². The van der Waals surface area contributed by atoms with Gasteiger partial charge in [-0.1, -0.05) is 6.07 Å². The third kappa shape index (κ3) is 3.93. The maximum absolute atomic E-state index is 12.4. The van der Waals surface area contributed by atoms with Crippen LogP contribution in [0.15, 0.2) is 41.8 Å². The molecule has 162 valence electrons. The van der Waals surface area contributed by atoms with Gasteiger partial charge in [0.25, 0.3) is 0 Å². The van der Waals surface area contributed by atoms with Gasteiger partial charge in [-0.15, -0.1) is 16.4 Å². The average Bonchev–Trinajstić information content (AvgIpc) is 3.54. The summed E-state index contributed by atoms with van der Waals surface area (Å²) in [5, 5.41) is 17.4. The molecule has 2 aliphatic rings. The standard InChI is InChI=1S/C21H24N6O3S/c1-26(2)14-7-5-13(6-8-14)21-23-24-25-27(21)17-12-30-19-16(11-29-20(17)19)22-18(28)10-15-4-3-9-31-15/h3-9,16-17,19-20H,10-12H2,1-2H3,(H,22,28)/t16-,17-,19+,20+/m0/s1. The second kappa shape index (κ2) is 8.37. The van der Waals surface area contributed by atoms with Gasteiger partial charge < -0.3 is 19.7 Å². The van der Waals surface area contributed by atoms with Crippen molar-refractivity contribution >= 4 is 22.9 Å². The van der Waals surface area contributed by atoms with Crippen LogP contribution in [0.3, 0.4) is 0 Å². The van der Waals surface area contributed by atoms with Gasteiger partial charge in [0.15, 0.2) is 5.82 Å². The van der Waals surface area contributed by atoms with E-state index in [0.29, 0.717) is 25.5 Å². The van der Waals surface area contributed by atoms with Gasteiger partial charge in [-0.25, -0.2) is 4.68 Å². The lowest BCUT2D eigenvalue weighted by molar-refractivity contribution is -0.121. The molecule has 2 aromatic heterocycles. The first kappa shape index (κ1) is 20.1. The number of rotatable bonds is 6. The van der Waals surface area contributed by atoms with Crippen LogP contribution in [0.1, 0.15) is 10.9 Å². The van der Waals surface area contributed by atoms with E-state index in [1.165, 1.54) is 0 Å². The molecule has 4 atom stereocenters. The molecule has 2 aliphatic heterocycles. The van der Waals surface area contributed by atoms with Crippen LogP contribution >= 0.6 is 11.3 Å². The van der Waals surface area contributed by atoms with Crippen molar-refractivity contribution in [3.05, 3.63) is 46.7 Å². The molecule has 4 heterocycles. The Kier molecular flexibility index (Phi) is 5.43. The summed E-state index contributed by atoms with van der Waals surface area (Å²) in [7, 11) is 4.00. The van der Waals surface area contributed by atoms with Crippen molar-refractivity contribution in [1.82, 2.24) is 25.5 Å². The number of aromatic nitrogens is 4. The number of fused-ring (bicyclic) bond motifs is 1. The molecule has 0 bridgehead atoms. The Morgan fingerprint density at radius 3 is 2.74 bits per heavy atom. The SMILES string of the molecule is CN(C)c1ccc(-c2nnnn2[C@H]2CO[C@H]3[C@@H]2OC[C@@H]3NC(=O)Cc2cccs2)cc1. The predicted molar refractivity (Wildman–Crippen MR) is 116 cm³/mol. The topological polar surface area (TPSA) is 94.4 Å². The molecule has 10 heteroatoms. The molecule has 0 saturated carbocycles. The van der Waals surface area contributed by atoms with Crippen LogP contribution in [-0.2, 0) is 20.7 Å². The number of tetrazole rings is 1. The van der Waals surface area contributed by atoms with Crippen LogP contribution in [0.4, 0.5) is 5.69 Å². The Labute approximate surface area is 184 Å².